The van der Waals surface area contributed by atoms with Crippen LogP contribution < -0.4 is 4.74 Å². The quantitative estimate of drug-likeness (QED) is 0.454. The molecular formula is C21H20FNO5. The molecule has 0 spiro atoms. The fourth-order valence-electron chi connectivity index (χ4n) is 3.28. The molecule has 1 aliphatic heterocycles. The molecule has 1 heterocycles. The molecule has 6 nitrogen and oxygen atoms in total. The fourth-order valence-corrected chi connectivity index (χ4v) is 3.28. The van der Waals surface area contributed by atoms with Gasteiger partial charge in [0, 0.05) is 24.3 Å². The molecule has 0 unspecified atom stereocenters. The molecule has 0 aromatic heterocycles. The standard InChI is InChI=1S/C21H20FNO5/c1-28-14-9-7-13(8-10-14)19(25)17-18(15-5-2-3-6-16(15)22)23(11-4-12-24)21(27)20(17)26/h2-3,5-10,18,24-25H,4,11-12H2,1H3/b19-17+/t18-/m0/s1. The van der Waals surface area contributed by atoms with Crippen LogP contribution in [0.2, 0.25) is 0 Å². The van der Waals surface area contributed by atoms with Crippen LogP contribution >= 0.6 is 0 Å². The van der Waals surface area contributed by atoms with Gasteiger partial charge in [-0.2, -0.15) is 0 Å². The monoisotopic (exact) mass is 385 g/mol. The van der Waals surface area contributed by atoms with E-state index in [4.69, 9.17) is 9.84 Å². The molecule has 7 heteroatoms. The highest BCUT2D eigenvalue weighted by Gasteiger charge is 2.46. The minimum absolute atomic E-state index is 0.0550. The normalized spacial score (nSPS) is 18.5. The first-order chi connectivity index (χ1) is 13.5. The molecule has 2 aromatic carbocycles. The molecule has 0 aliphatic carbocycles. The average Bonchev–Trinajstić information content (AvgIpc) is 2.96. The van der Waals surface area contributed by atoms with E-state index in [1.54, 1.807) is 30.3 Å². The molecule has 1 saturated heterocycles. The van der Waals surface area contributed by atoms with E-state index in [9.17, 15) is 19.1 Å². The number of ether oxygens (including phenoxy) is 1. The van der Waals surface area contributed by atoms with Crippen LogP contribution in [0, 0.1) is 5.82 Å². The highest BCUT2D eigenvalue weighted by atomic mass is 19.1. The van der Waals surface area contributed by atoms with Crippen molar-refractivity contribution in [1.29, 1.82) is 0 Å². The van der Waals surface area contributed by atoms with Crippen LogP contribution in [-0.4, -0.2) is 47.1 Å². The summed E-state index contributed by atoms with van der Waals surface area (Å²) in [5.41, 5.74) is 0.232. The van der Waals surface area contributed by atoms with Gasteiger partial charge in [0.25, 0.3) is 11.7 Å². The third kappa shape index (κ3) is 3.48. The van der Waals surface area contributed by atoms with Gasteiger partial charge < -0.3 is 19.8 Å². The summed E-state index contributed by atoms with van der Waals surface area (Å²) in [5, 5.41) is 19.9. The van der Waals surface area contributed by atoms with Gasteiger partial charge >= 0.3 is 0 Å². The Morgan fingerprint density at radius 3 is 2.43 bits per heavy atom. The van der Waals surface area contributed by atoms with Crippen molar-refractivity contribution in [3.05, 3.63) is 71.0 Å². The smallest absolute Gasteiger partial charge is 0.295 e. The Kier molecular flexibility index (Phi) is 5.75. The Labute approximate surface area is 161 Å². The predicted molar refractivity (Wildman–Crippen MR) is 100 cm³/mol. The van der Waals surface area contributed by atoms with Crippen molar-refractivity contribution in [2.45, 2.75) is 12.5 Å². The Morgan fingerprint density at radius 1 is 1.14 bits per heavy atom. The fraction of sp³-hybridized carbons (Fsp3) is 0.238. The lowest BCUT2D eigenvalue weighted by Gasteiger charge is -2.25. The van der Waals surface area contributed by atoms with E-state index >= 15 is 0 Å². The largest absolute Gasteiger partial charge is 0.507 e. The van der Waals surface area contributed by atoms with Gasteiger partial charge in [-0.05, 0) is 36.8 Å². The third-order valence-corrected chi connectivity index (χ3v) is 4.66. The number of Topliss-reactive ketones (excluding diaryl/α,β-unsaturated/α-hetero) is 1. The van der Waals surface area contributed by atoms with Crippen LogP contribution in [0.4, 0.5) is 4.39 Å². The van der Waals surface area contributed by atoms with Gasteiger partial charge in [0.05, 0.1) is 18.7 Å². The van der Waals surface area contributed by atoms with Crippen molar-refractivity contribution in [3.63, 3.8) is 0 Å². The number of nitrogens with zero attached hydrogens (tertiary/aromatic N) is 1. The van der Waals surface area contributed by atoms with Crippen LogP contribution in [0.5, 0.6) is 5.75 Å². The van der Waals surface area contributed by atoms with Crippen LogP contribution in [0.25, 0.3) is 5.76 Å². The maximum Gasteiger partial charge on any atom is 0.295 e. The summed E-state index contributed by atoms with van der Waals surface area (Å²) in [7, 11) is 1.50. The van der Waals surface area contributed by atoms with Crippen molar-refractivity contribution >= 4 is 17.4 Å². The molecule has 1 atom stereocenters. The maximum atomic E-state index is 14.5. The van der Waals surface area contributed by atoms with Crippen LogP contribution in [-0.2, 0) is 9.59 Å². The zero-order chi connectivity index (χ0) is 20.3. The zero-order valence-corrected chi connectivity index (χ0v) is 15.3. The number of amides is 1. The van der Waals surface area contributed by atoms with E-state index in [1.165, 1.54) is 30.2 Å². The number of hydrogen-bond acceptors (Lipinski definition) is 5. The molecule has 0 bridgehead atoms. The maximum absolute atomic E-state index is 14.5. The number of carbonyl (C=O) groups excluding carboxylic acids is 2. The third-order valence-electron chi connectivity index (χ3n) is 4.66. The number of benzene rings is 2. The van der Waals surface area contributed by atoms with Gasteiger partial charge in [-0.25, -0.2) is 4.39 Å². The van der Waals surface area contributed by atoms with Crippen molar-refractivity contribution in [2.24, 2.45) is 0 Å². The van der Waals surface area contributed by atoms with E-state index in [0.29, 0.717) is 11.3 Å². The van der Waals surface area contributed by atoms with Gasteiger partial charge in [0.2, 0.25) is 0 Å². The summed E-state index contributed by atoms with van der Waals surface area (Å²) in [6, 6.07) is 11.0. The number of aliphatic hydroxyl groups excluding tert-OH is 2. The molecule has 28 heavy (non-hydrogen) atoms. The topological polar surface area (TPSA) is 87.1 Å². The first-order valence-corrected chi connectivity index (χ1v) is 8.77. The number of likely N-dealkylation sites (tertiary alicyclic amines) is 1. The van der Waals surface area contributed by atoms with E-state index in [0.717, 1.165) is 0 Å². The van der Waals surface area contributed by atoms with E-state index in [1.807, 2.05) is 0 Å². The van der Waals surface area contributed by atoms with Crippen molar-refractivity contribution in [3.8, 4) is 5.75 Å². The second-order valence-corrected chi connectivity index (χ2v) is 6.32. The van der Waals surface area contributed by atoms with Crippen LogP contribution in [0.3, 0.4) is 0 Å². The summed E-state index contributed by atoms with van der Waals surface area (Å²) >= 11 is 0. The number of carbonyl (C=O) groups is 2. The summed E-state index contributed by atoms with van der Waals surface area (Å²) in [6.07, 6.45) is 0.223. The van der Waals surface area contributed by atoms with Crippen molar-refractivity contribution in [2.75, 3.05) is 20.3 Å². The van der Waals surface area contributed by atoms with Gasteiger partial charge in [0.15, 0.2) is 0 Å². The number of ketones is 1. The molecule has 0 saturated carbocycles. The Balaban J connectivity index is 2.16. The highest BCUT2D eigenvalue weighted by molar-refractivity contribution is 6.46. The summed E-state index contributed by atoms with van der Waals surface area (Å²) < 4.78 is 19.6. The molecule has 2 aromatic rings. The van der Waals surface area contributed by atoms with Crippen LogP contribution in [0.15, 0.2) is 54.1 Å². The Hall–Kier alpha value is -3.19. The zero-order valence-electron chi connectivity index (χ0n) is 15.3. The van der Waals surface area contributed by atoms with E-state index in [2.05, 4.69) is 0 Å². The lowest BCUT2D eigenvalue weighted by molar-refractivity contribution is -0.140. The van der Waals surface area contributed by atoms with Crippen molar-refractivity contribution in [1.82, 2.24) is 4.90 Å². The molecule has 1 amide bonds. The average molecular weight is 385 g/mol. The first-order valence-electron chi connectivity index (χ1n) is 8.77. The highest BCUT2D eigenvalue weighted by Crippen LogP contribution is 2.40. The van der Waals surface area contributed by atoms with Crippen molar-refractivity contribution < 1.29 is 28.9 Å². The number of aliphatic hydroxyl groups is 2. The van der Waals surface area contributed by atoms with Crippen LogP contribution in [0.1, 0.15) is 23.6 Å². The second kappa shape index (κ2) is 8.22. The minimum Gasteiger partial charge on any atom is -0.507 e. The lowest BCUT2D eigenvalue weighted by Crippen LogP contribution is -2.31. The second-order valence-electron chi connectivity index (χ2n) is 6.32. The predicted octanol–water partition coefficient (Wildman–Crippen LogP) is 2.64. The number of rotatable bonds is 6. The summed E-state index contributed by atoms with van der Waals surface area (Å²) in [6.45, 7) is -0.134. The lowest BCUT2D eigenvalue weighted by atomic mass is 9.95. The molecule has 3 rings (SSSR count). The molecule has 0 radical (unpaired) electrons. The van der Waals surface area contributed by atoms with Gasteiger partial charge in [-0.3, -0.25) is 9.59 Å². The molecule has 146 valence electrons. The minimum atomic E-state index is -1.07. The molecular weight excluding hydrogens is 365 g/mol. The van der Waals surface area contributed by atoms with Gasteiger partial charge in [-0.1, -0.05) is 18.2 Å². The van der Waals surface area contributed by atoms with Gasteiger partial charge in [-0.15, -0.1) is 0 Å². The number of hydrogen-bond donors (Lipinski definition) is 2. The van der Waals surface area contributed by atoms with Gasteiger partial charge in [0.1, 0.15) is 17.3 Å². The first kappa shape index (κ1) is 19.6. The molecule has 2 N–H and O–H groups in total. The summed E-state index contributed by atoms with van der Waals surface area (Å²) in [5.74, 6) is -2.15. The number of methoxy groups -OCH3 is 1. The SMILES string of the molecule is COc1ccc(/C(O)=C2\C(=O)C(=O)N(CCCO)[C@H]2c2ccccc2F)cc1. The number of halogens is 1. The van der Waals surface area contributed by atoms with E-state index < -0.39 is 23.5 Å². The Morgan fingerprint density at radius 2 is 1.82 bits per heavy atom. The molecule has 1 fully saturated rings. The summed E-state index contributed by atoms with van der Waals surface area (Å²) in [4.78, 5) is 26.4. The Bertz CT molecular complexity index is 923. The van der Waals surface area contributed by atoms with E-state index in [-0.39, 0.29) is 36.5 Å². The molecule has 1 aliphatic rings.